The Morgan fingerprint density at radius 1 is 0.800 bits per heavy atom. The summed E-state index contributed by atoms with van der Waals surface area (Å²) in [6.07, 6.45) is 0.958. The van der Waals surface area contributed by atoms with E-state index in [2.05, 4.69) is 17.3 Å². The van der Waals surface area contributed by atoms with Crippen molar-refractivity contribution in [3.63, 3.8) is 0 Å². The third-order valence-electron chi connectivity index (χ3n) is 5.31. The fraction of sp³-hybridized carbons (Fsp3) is 0.200. The standard InChI is InChI=1S/C25H23NO4/c1-28-20-12-8-17(9-13-20)22-16-23(22)24(18-6-4-3-5-7-18)26-30-25(27)19-10-14-21(29-2)15-11-19/h3-15,22-23H,16H2,1-2H3/b26-24-/t22-,23-/m1/s1. The molecular formula is C25H23NO4. The fourth-order valence-corrected chi connectivity index (χ4v) is 3.53. The Balaban J connectivity index is 1.54. The Morgan fingerprint density at radius 3 is 2.00 bits per heavy atom. The summed E-state index contributed by atoms with van der Waals surface area (Å²) in [5.74, 6) is 1.56. The molecule has 0 spiro atoms. The summed E-state index contributed by atoms with van der Waals surface area (Å²) in [5, 5.41) is 4.30. The second kappa shape index (κ2) is 8.82. The van der Waals surface area contributed by atoms with Gasteiger partial charge in [-0.2, -0.15) is 0 Å². The van der Waals surface area contributed by atoms with Gasteiger partial charge >= 0.3 is 5.97 Å². The van der Waals surface area contributed by atoms with Crippen molar-refractivity contribution in [2.24, 2.45) is 11.1 Å². The van der Waals surface area contributed by atoms with E-state index in [-0.39, 0.29) is 5.92 Å². The maximum Gasteiger partial charge on any atom is 0.365 e. The Labute approximate surface area is 175 Å². The molecule has 1 saturated carbocycles. The lowest BCUT2D eigenvalue weighted by Gasteiger charge is -2.08. The lowest BCUT2D eigenvalue weighted by Crippen LogP contribution is -2.09. The molecule has 0 heterocycles. The highest BCUT2D eigenvalue weighted by molar-refractivity contribution is 6.04. The van der Waals surface area contributed by atoms with Crippen molar-refractivity contribution in [1.82, 2.24) is 0 Å². The smallest absolute Gasteiger partial charge is 0.365 e. The molecule has 0 saturated heterocycles. The van der Waals surface area contributed by atoms with Crippen molar-refractivity contribution < 1.29 is 19.1 Å². The van der Waals surface area contributed by atoms with Crippen LogP contribution in [0.25, 0.3) is 0 Å². The predicted molar refractivity (Wildman–Crippen MR) is 115 cm³/mol. The van der Waals surface area contributed by atoms with Crippen LogP contribution in [0.4, 0.5) is 0 Å². The summed E-state index contributed by atoms with van der Waals surface area (Å²) in [5.41, 5.74) is 3.40. The van der Waals surface area contributed by atoms with Gasteiger partial charge in [0.15, 0.2) is 0 Å². The molecule has 4 rings (SSSR count). The lowest BCUT2D eigenvalue weighted by molar-refractivity contribution is 0.0515. The number of benzene rings is 3. The molecule has 0 radical (unpaired) electrons. The van der Waals surface area contributed by atoms with E-state index in [0.717, 1.165) is 23.4 Å². The topological polar surface area (TPSA) is 57.1 Å². The molecule has 5 heteroatoms. The minimum absolute atomic E-state index is 0.199. The van der Waals surface area contributed by atoms with Crippen LogP contribution in [0.1, 0.15) is 33.8 Å². The van der Waals surface area contributed by atoms with E-state index < -0.39 is 5.97 Å². The maximum atomic E-state index is 12.5. The molecule has 30 heavy (non-hydrogen) atoms. The van der Waals surface area contributed by atoms with E-state index in [1.165, 1.54) is 5.56 Å². The first kappa shape index (κ1) is 19.7. The minimum Gasteiger partial charge on any atom is -0.497 e. The van der Waals surface area contributed by atoms with Gasteiger partial charge in [-0.15, -0.1) is 0 Å². The van der Waals surface area contributed by atoms with E-state index in [0.29, 0.717) is 17.2 Å². The molecule has 2 atom stereocenters. The molecule has 0 aromatic heterocycles. The zero-order chi connectivity index (χ0) is 20.9. The van der Waals surface area contributed by atoms with E-state index in [4.69, 9.17) is 14.3 Å². The van der Waals surface area contributed by atoms with Gasteiger partial charge in [-0.25, -0.2) is 4.79 Å². The largest absolute Gasteiger partial charge is 0.497 e. The first-order valence-electron chi connectivity index (χ1n) is 9.82. The summed E-state index contributed by atoms with van der Waals surface area (Å²) in [4.78, 5) is 17.8. The van der Waals surface area contributed by atoms with Crippen molar-refractivity contribution >= 4 is 11.7 Å². The van der Waals surface area contributed by atoms with Crippen LogP contribution in [0, 0.1) is 5.92 Å². The van der Waals surface area contributed by atoms with Gasteiger partial charge in [0.25, 0.3) is 0 Å². The maximum absolute atomic E-state index is 12.5. The van der Waals surface area contributed by atoms with Gasteiger partial charge in [0.05, 0.1) is 25.5 Å². The van der Waals surface area contributed by atoms with Gasteiger partial charge < -0.3 is 14.3 Å². The number of ether oxygens (including phenoxy) is 2. The molecule has 3 aromatic carbocycles. The summed E-state index contributed by atoms with van der Waals surface area (Å²) in [7, 11) is 3.24. The highest BCUT2D eigenvalue weighted by Gasteiger charge is 2.43. The Kier molecular flexibility index (Phi) is 5.80. The highest BCUT2D eigenvalue weighted by Crippen LogP contribution is 2.49. The zero-order valence-corrected chi connectivity index (χ0v) is 16.9. The van der Waals surface area contributed by atoms with Gasteiger partial charge in [0.1, 0.15) is 11.5 Å². The van der Waals surface area contributed by atoms with Crippen LogP contribution in [0.2, 0.25) is 0 Å². The second-order valence-corrected chi connectivity index (χ2v) is 7.17. The average Bonchev–Trinajstić information content (AvgIpc) is 3.60. The SMILES string of the molecule is COc1ccc(C(=O)O/N=C(/c2ccccc2)[C@@H]2C[C@@H]2c2ccc(OC)cc2)cc1. The number of rotatable bonds is 7. The molecule has 0 N–H and O–H groups in total. The van der Waals surface area contributed by atoms with Crippen LogP contribution in [-0.2, 0) is 4.84 Å². The molecule has 3 aromatic rings. The first-order valence-corrected chi connectivity index (χ1v) is 9.82. The second-order valence-electron chi connectivity index (χ2n) is 7.17. The van der Waals surface area contributed by atoms with Crippen LogP contribution in [0.3, 0.4) is 0 Å². The number of methoxy groups -OCH3 is 2. The molecule has 0 aliphatic heterocycles. The van der Waals surface area contributed by atoms with Gasteiger partial charge in [0, 0.05) is 5.92 Å². The molecule has 5 nitrogen and oxygen atoms in total. The number of hydrogen-bond donors (Lipinski definition) is 0. The van der Waals surface area contributed by atoms with E-state index in [1.807, 2.05) is 42.5 Å². The minimum atomic E-state index is -0.493. The molecule has 1 aliphatic carbocycles. The van der Waals surface area contributed by atoms with Gasteiger partial charge in [-0.05, 0) is 59.9 Å². The molecule has 152 valence electrons. The van der Waals surface area contributed by atoms with Crippen molar-refractivity contribution in [2.75, 3.05) is 14.2 Å². The predicted octanol–water partition coefficient (Wildman–Crippen LogP) is 5.07. The number of oxime groups is 1. The van der Waals surface area contributed by atoms with E-state index in [9.17, 15) is 4.79 Å². The van der Waals surface area contributed by atoms with Gasteiger partial charge in [-0.1, -0.05) is 47.6 Å². The highest BCUT2D eigenvalue weighted by atomic mass is 16.7. The fourth-order valence-electron chi connectivity index (χ4n) is 3.53. The molecule has 1 fully saturated rings. The van der Waals surface area contributed by atoms with Crippen LogP contribution >= 0.6 is 0 Å². The summed E-state index contributed by atoms with van der Waals surface area (Å²) >= 11 is 0. The van der Waals surface area contributed by atoms with Gasteiger partial charge in [0.2, 0.25) is 0 Å². The van der Waals surface area contributed by atoms with E-state index >= 15 is 0 Å². The molecule has 0 unspecified atom stereocenters. The molecule has 0 bridgehead atoms. The van der Waals surface area contributed by atoms with Crippen LogP contribution < -0.4 is 9.47 Å². The zero-order valence-electron chi connectivity index (χ0n) is 16.9. The normalized spacial score (nSPS) is 17.9. The molecule has 1 aliphatic rings. The Bertz CT molecular complexity index is 1030. The Hall–Kier alpha value is -3.60. The molecule has 0 amide bonds. The van der Waals surface area contributed by atoms with Crippen LogP contribution in [0.5, 0.6) is 11.5 Å². The lowest BCUT2D eigenvalue weighted by atomic mass is 10.0. The number of hydrogen-bond acceptors (Lipinski definition) is 5. The van der Waals surface area contributed by atoms with Crippen LogP contribution in [0.15, 0.2) is 84.0 Å². The van der Waals surface area contributed by atoms with Crippen molar-refractivity contribution in [3.05, 3.63) is 95.6 Å². The monoisotopic (exact) mass is 401 g/mol. The van der Waals surface area contributed by atoms with Gasteiger partial charge in [-0.3, -0.25) is 0 Å². The number of carbonyl (C=O) groups is 1. The van der Waals surface area contributed by atoms with Crippen LogP contribution in [-0.4, -0.2) is 25.9 Å². The van der Waals surface area contributed by atoms with E-state index in [1.54, 1.807) is 38.5 Å². The van der Waals surface area contributed by atoms with Crippen molar-refractivity contribution in [1.29, 1.82) is 0 Å². The third-order valence-corrected chi connectivity index (χ3v) is 5.31. The summed E-state index contributed by atoms with van der Waals surface area (Å²) in [6.45, 7) is 0. The number of carbonyl (C=O) groups excluding carboxylic acids is 1. The summed E-state index contributed by atoms with van der Waals surface area (Å²) < 4.78 is 10.4. The summed E-state index contributed by atoms with van der Waals surface area (Å²) in [6, 6.07) is 24.7. The van der Waals surface area contributed by atoms with Crippen molar-refractivity contribution in [3.8, 4) is 11.5 Å². The van der Waals surface area contributed by atoms with Crippen molar-refractivity contribution in [2.45, 2.75) is 12.3 Å². The quantitative estimate of drug-likeness (QED) is 0.315. The average molecular weight is 401 g/mol. The third kappa shape index (κ3) is 4.35. The number of nitrogens with zero attached hydrogens (tertiary/aromatic N) is 1. The first-order chi connectivity index (χ1) is 14.7. The molecular weight excluding hydrogens is 378 g/mol. The Morgan fingerprint density at radius 2 is 1.40 bits per heavy atom.